The first-order chi connectivity index (χ1) is 8.53. The lowest BCUT2D eigenvalue weighted by Crippen LogP contribution is -2.22. The summed E-state index contributed by atoms with van der Waals surface area (Å²) < 4.78 is 27.3. The molecule has 0 aliphatic rings. The predicted octanol–water partition coefficient (Wildman–Crippen LogP) is 1.90. The molecule has 2 rings (SSSR count). The Hall–Kier alpha value is -0.320. The fraction of sp³-hybridized carbons (Fsp3) is 0.222. The van der Waals surface area contributed by atoms with Crippen molar-refractivity contribution in [3.8, 4) is 0 Å². The number of halogens is 1. The molecule has 0 spiro atoms. The molecule has 9 heteroatoms. The van der Waals surface area contributed by atoms with Gasteiger partial charge in [0.15, 0.2) is 0 Å². The van der Waals surface area contributed by atoms with Crippen LogP contribution >= 0.6 is 38.6 Å². The molecule has 2 aromatic rings. The first-order valence-electron chi connectivity index (χ1n) is 4.88. The number of nitrogens with one attached hydrogen (secondary N) is 1. The number of rotatable bonds is 5. The predicted molar refractivity (Wildman–Crippen MR) is 76.0 cm³/mol. The van der Waals surface area contributed by atoms with Crippen LogP contribution < -0.4 is 10.5 Å². The molecule has 3 N–H and O–H groups in total. The van der Waals surface area contributed by atoms with Crippen LogP contribution in [0.25, 0.3) is 0 Å². The molecule has 0 aliphatic carbocycles. The van der Waals surface area contributed by atoms with Gasteiger partial charge < -0.3 is 5.73 Å². The third kappa shape index (κ3) is 3.16. The number of nitrogens with two attached hydrogens (primary N) is 1. The summed E-state index contributed by atoms with van der Waals surface area (Å²) in [6.07, 6.45) is 1.64. The maximum atomic E-state index is 12.1. The Morgan fingerprint density at radius 1 is 1.44 bits per heavy atom. The zero-order chi connectivity index (χ0) is 13.2. The van der Waals surface area contributed by atoms with Crippen LogP contribution in [0.4, 0.5) is 0 Å². The second kappa shape index (κ2) is 5.76. The second-order valence-corrected chi connectivity index (χ2v) is 8.51. The van der Waals surface area contributed by atoms with Crippen molar-refractivity contribution in [3.63, 3.8) is 0 Å². The van der Waals surface area contributed by atoms with Gasteiger partial charge in [0.1, 0.15) is 4.90 Å². The number of hydrogen-bond acceptors (Lipinski definition) is 6. The van der Waals surface area contributed by atoms with E-state index in [1.807, 2.05) is 0 Å². The quantitative estimate of drug-likeness (QED) is 0.844. The molecule has 2 aromatic heterocycles. The molecular formula is C9H10BrN3O2S3. The van der Waals surface area contributed by atoms with Gasteiger partial charge in [0.2, 0.25) is 10.0 Å². The van der Waals surface area contributed by atoms with Gasteiger partial charge in [0.25, 0.3) is 0 Å². The van der Waals surface area contributed by atoms with Gasteiger partial charge in [-0.25, -0.2) is 13.1 Å². The van der Waals surface area contributed by atoms with E-state index in [-0.39, 0.29) is 11.4 Å². The Balaban J connectivity index is 2.17. The number of aromatic nitrogens is 1. The summed E-state index contributed by atoms with van der Waals surface area (Å²) in [6.45, 7) is 0.570. The van der Waals surface area contributed by atoms with Crippen LogP contribution in [-0.4, -0.2) is 13.4 Å². The average Bonchev–Trinajstić information content (AvgIpc) is 2.95. The first kappa shape index (κ1) is 14.1. The van der Waals surface area contributed by atoms with Crippen LogP contribution in [0.2, 0.25) is 0 Å². The Kier molecular flexibility index (Phi) is 4.51. The lowest BCUT2D eigenvalue weighted by molar-refractivity contribution is 0.581. The van der Waals surface area contributed by atoms with E-state index in [4.69, 9.17) is 5.73 Å². The van der Waals surface area contributed by atoms with E-state index in [1.165, 1.54) is 22.7 Å². The van der Waals surface area contributed by atoms with Crippen LogP contribution in [0.15, 0.2) is 26.5 Å². The van der Waals surface area contributed by atoms with Gasteiger partial charge in [-0.3, -0.25) is 4.98 Å². The van der Waals surface area contributed by atoms with E-state index in [0.717, 1.165) is 9.75 Å². The molecule has 0 amide bonds. The van der Waals surface area contributed by atoms with Crippen LogP contribution in [0.3, 0.4) is 0 Å². The Morgan fingerprint density at radius 3 is 2.78 bits per heavy atom. The molecule has 18 heavy (non-hydrogen) atoms. The summed E-state index contributed by atoms with van der Waals surface area (Å²) in [5.41, 5.74) is 7.16. The van der Waals surface area contributed by atoms with Crippen molar-refractivity contribution >= 4 is 48.6 Å². The Bertz CT molecular complexity index is 622. The highest BCUT2D eigenvalue weighted by Crippen LogP contribution is 2.31. The van der Waals surface area contributed by atoms with Crippen molar-refractivity contribution in [2.24, 2.45) is 5.73 Å². The van der Waals surface area contributed by atoms with Gasteiger partial charge in [-0.15, -0.1) is 22.7 Å². The van der Waals surface area contributed by atoms with Crippen molar-refractivity contribution < 1.29 is 8.42 Å². The number of thiazole rings is 1. The lowest BCUT2D eigenvalue weighted by atomic mass is 10.5. The van der Waals surface area contributed by atoms with Gasteiger partial charge in [-0.1, -0.05) is 0 Å². The minimum atomic E-state index is -3.52. The normalized spacial score (nSPS) is 11.9. The molecule has 0 aromatic carbocycles. The minimum Gasteiger partial charge on any atom is -0.326 e. The van der Waals surface area contributed by atoms with E-state index < -0.39 is 10.0 Å². The topological polar surface area (TPSA) is 85.1 Å². The van der Waals surface area contributed by atoms with Crippen molar-refractivity contribution in [3.05, 3.63) is 31.3 Å². The fourth-order valence-corrected chi connectivity index (χ4v) is 5.45. The highest BCUT2D eigenvalue weighted by molar-refractivity contribution is 9.11. The Morgan fingerprint density at radius 2 is 2.22 bits per heavy atom. The molecule has 2 heterocycles. The minimum absolute atomic E-state index is 0.234. The summed E-state index contributed by atoms with van der Waals surface area (Å²) in [4.78, 5) is 5.81. The molecule has 5 nitrogen and oxygen atoms in total. The monoisotopic (exact) mass is 367 g/mol. The van der Waals surface area contributed by atoms with E-state index in [0.29, 0.717) is 10.3 Å². The second-order valence-electron chi connectivity index (χ2n) is 3.35. The summed E-state index contributed by atoms with van der Waals surface area (Å²) in [6, 6.07) is 1.59. The SMILES string of the molecule is NCc1cc(S(=O)(=O)NCc2cncs2)c(Br)s1. The standard InChI is InChI=1S/C9H10BrN3O2S3/c10-9-8(1-6(2-11)17-9)18(14,15)13-4-7-3-12-5-16-7/h1,3,5,13H,2,4,11H2. The number of sulfonamides is 1. The molecule has 0 unspecified atom stereocenters. The van der Waals surface area contributed by atoms with Crippen LogP contribution in [-0.2, 0) is 23.1 Å². The van der Waals surface area contributed by atoms with E-state index in [1.54, 1.807) is 17.8 Å². The van der Waals surface area contributed by atoms with Crippen molar-refractivity contribution in [1.82, 2.24) is 9.71 Å². The summed E-state index contributed by atoms with van der Waals surface area (Å²) in [5.74, 6) is 0. The molecule has 0 aliphatic heterocycles. The molecule has 98 valence electrons. The van der Waals surface area contributed by atoms with Gasteiger partial charge in [-0.05, 0) is 22.0 Å². The third-order valence-electron chi connectivity index (χ3n) is 2.12. The van der Waals surface area contributed by atoms with Crippen LogP contribution in [0.1, 0.15) is 9.75 Å². The molecule has 0 fully saturated rings. The van der Waals surface area contributed by atoms with Crippen molar-refractivity contribution in [2.45, 2.75) is 18.0 Å². The number of hydrogen-bond donors (Lipinski definition) is 2. The molecule has 0 atom stereocenters. The van der Waals surface area contributed by atoms with Crippen molar-refractivity contribution in [2.75, 3.05) is 0 Å². The van der Waals surface area contributed by atoms with Gasteiger partial charge in [-0.2, -0.15) is 0 Å². The van der Waals surface area contributed by atoms with Gasteiger partial charge in [0.05, 0.1) is 9.30 Å². The van der Waals surface area contributed by atoms with E-state index in [9.17, 15) is 8.42 Å². The zero-order valence-corrected chi connectivity index (χ0v) is 13.1. The van der Waals surface area contributed by atoms with Gasteiger partial charge >= 0.3 is 0 Å². The smallest absolute Gasteiger partial charge is 0.242 e. The highest BCUT2D eigenvalue weighted by Gasteiger charge is 2.20. The van der Waals surface area contributed by atoms with E-state index >= 15 is 0 Å². The molecular weight excluding hydrogens is 358 g/mol. The fourth-order valence-electron chi connectivity index (χ4n) is 1.25. The van der Waals surface area contributed by atoms with Crippen LogP contribution in [0.5, 0.6) is 0 Å². The van der Waals surface area contributed by atoms with E-state index in [2.05, 4.69) is 25.6 Å². The average molecular weight is 368 g/mol. The third-order valence-corrected chi connectivity index (χ3v) is 6.57. The summed E-state index contributed by atoms with van der Waals surface area (Å²) in [7, 11) is -3.52. The molecule has 0 saturated heterocycles. The molecule has 0 bridgehead atoms. The maximum Gasteiger partial charge on any atom is 0.242 e. The summed E-state index contributed by atoms with van der Waals surface area (Å²) in [5, 5.41) is 0. The Labute approximate surface area is 121 Å². The molecule has 0 saturated carbocycles. The number of nitrogens with zero attached hydrogens (tertiary/aromatic N) is 1. The zero-order valence-electron chi connectivity index (χ0n) is 9.09. The van der Waals surface area contributed by atoms with Crippen molar-refractivity contribution in [1.29, 1.82) is 0 Å². The van der Waals surface area contributed by atoms with Crippen LogP contribution in [0, 0.1) is 0 Å². The maximum absolute atomic E-state index is 12.1. The van der Waals surface area contributed by atoms with Gasteiger partial charge in [0, 0.05) is 29.0 Å². The number of thiophene rings is 1. The highest BCUT2D eigenvalue weighted by atomic mass is 79.9. The largest absolute Gasteiger partial charge is 0.326 e. The lowest BCUT2D eigenvalue weighted by Gasteiger charge is -2.03. The molecule has 0 radical (unpaired) electrons. The first-order valence-corrected chi connectivity index (χ1v) is 8.85. The summed E-state index contributed by atoms with van der Waals surface area (Å²) >= 11 is 5.98.